The molecule has 3 amide bonds. The predicted molar refractivity (Wildman–Crippen MR) is 97.1 cm³/mol. The first-order valence-electron chi connectivity index (χ1n) is 8.10. The van der Waals surface area contributed by atoms with E-state index in [4.69, 9.17) is 0 Å². The molecular formula is C19H19N3O5. The van der Waals surface area contributed by atoms with Crippen LogP contribution in [0.1, 0.15) is 17.3 Å². The van der Waals surface area contributed by atoms with Gasteiger partial charge in [0, 0.05) is 12.5 Å². The maximum Gasteiger partial charge on any atom is 0.325 e. The molecule has 0 fully saturated rings. The molecule has 2 rings (SSSR count). The van der Waals surface area contributed by atoms with Gasteiger partial charge in [-0.15, -0.1) is 0 Å². The van der Waals surface area contributed by atoms with Gasteiger partial charge in [-0.25, -0.2) is 0 Å². The summed E-state index contributed by atoms with van der Waals surface area (Å²) in [7, 11) is 0. The van der Waals surface area contributed by atoms with Crippen molar-refractivity contribution in [1.82, 2.24) is 16.2 Å². The Labute approximate surface area is 155 Å². The molecule has 0 aliphatic carbocycles. The molecule has 0 spiro atoms. The quantitative estimate of drug-likeness (QED) is 0.515. The molecule has 0 unspecified atom stereocenters. The first-order valence-corrected chi connectivity index (χ1v) is 8.10. The molecule has 0 aliphatic rings. The number of ether oxygens (including phenoxy) is 1. The minimum Gasteiger partial charge on any atom is -0.454 e. The summed E-state index contributed by atoms with van der Waals surface area (Å²) in [5.41, 5.74) is 6.50. The van der Waals surface area contributed by atoms with Crippen LogP contribution in [0.25, 0.3) is 11.1 Å². The van der Waals surface area contributed by atoms with Gasteiger partial charge in [0.05, 0.1) is 0 Å². The Morgan fingerprint density at radius 3 is 2.11 bits per heavy atom. The van der Waals surface area contributed by atoms with Crippen LogP contribution >= 0.6 is 0 Å². The zero-order valence-electron chi connectivity index (χ0n) is 14.7. The Bertz CT molecular complexity index is 819. The average molecular weight is 369 g/mol. The number of carbonyl (C=O) groups is 4. The molecule has 2 aromatic rings. The fourth-order valence-electron chi connectivity index (χ4n) is 2.09. The van der Waals surface area contributed by atoms with Crippen molar-refractivity contribution in [2.45, 2.75) is 6.92 Å². The maximum absolute atomic E-state index is 12.1. The van der Waals surface area contributed by atoms with Gasteiger partial charge < -0.3 is 10.1 Å². The van der Waals surface area contributed by atoms with Crippen LogP contribution in [0.2, 0.25) is 0 Å². The Balaban J connectivity index is 1.77. The highest BCUT2D eigenvalue weighted by Crippen LogP contribution is 2.19. The molecule has 8 heteroatoms. The normalized spacial score (nSPS) is 9.81. The van der Waals surface area contributed by atoms with Crippen LogP contribution in [0, 0.1) is 0 Å². The summed E-state index contributed by atoms with van der Waals surface area (Å²) in [6.07, 6.45) is 0. The minimum absolute atomic E-state index is 0.382. The van der Waals surface area contributed by atoms with Gasteiger partial charge in [0.1, 0.15) is 6.54 Å². The van der Waals surface area contributed by atoms with Crippen molar-refractivity contribution in [3.8, 4) is 11.1 Å². The van der Waals surface area contributed by atoms with Crippen molar-refractivity contribution < 1.29 is 23.9 Å². The third-order valence-corrected chi connectivity index (χ3v) is 3.39. The summed E-state index contributed by atoms with van der Waals surface area (Å²) in [6.45, 7) is 0.266. The maximum atomic E-state index is 12.1. The number of esters is 1. The summed E-state index contributed by atoms with van der Waals surface area (Å²) in [5.74, 6) is -2.36. The van der Waals surface area contributed by atoms with Crippen LogP contribution in [0.3, 0.4) is 0 Å². The molecule has 8 nitrogen and oxygen atoms in total. The van der Waals surface area contributed by atoms with E-state index in [0.717, 1.165) is 11.1 Å². The van der Waals surface area contributed by atoms with Gasteiger partial charge in [0.15, 0.2) is 6.61 Å². The molecule has 0 radical (unpaired) electrons. The lowest BCUT2D eigenvalue weighted by atomic mass is 10.0. The van der Waals surface area contributed by atoms with Crippen LogP contribution in [0.4, 0.5) is 0 Å². The zero-order valence-corrected chi connectivity index (χ0v) is 14.7. The molecule has 0 heterocycles. The number of benzene rings is 2. The molecule has 3 N–H and O–H groups in total. The molecule has 0 bridgehead atoms. The molecule has 0 atom stereocenters. The van der Waals surface area contributed by atoms with E-state index in [1.807, 2.05) is 47.9 Å². The van der Waals surface area contributed by atoms with Crippen molar-refractivity contribution in [1.29, 1.82) is 0 Å². The standard InChI is InChI=1S/C19H19N3O5/c1-13(23)21-22-17(24)12-27-18(25)11-20-19(26)16-9-7-15(8-10-16)14-5-3-2-4-6-14/h2-10H,11-12H2,1H3,(H,20,26)(H,21,23)(H,22,24). The van der Waals surface area contributed by atoms with E-state index in [2.05, 4.69) is 15.5 Å². The summed E-state index contributed by atoms with van der Waals surface area (Å²) >= 11 is 0. The third kappa shape index (κ3) is 6.62. The van der Waals surface area contributed by atoms with E-state index < -0.39 is 30.3 Å². The van der Waals surface area contributed by atoms with Crippen molar-refractivity contribution in [3.05, 3.63) is 60.2 Å². The molecule has 0 aliphatic heterocycles. The van der Waals surface area contributed by atoms with Gasteiger partial charge in [-0.2, -0.15) is 0 Å². The highest BCUT2D eigenvalue weighted by Gasteiger charge is 2.11. The summed E-state index contributed by atoms with van der Waals surface area (Å²) < 4.78 is 4.68. The van der Waals surface area contributed by atoms with Gasteiger partial charge in [0.25, 0.3) is 11.8 Å². The molecule has 0 saturated carbocycles. The largest absolute Gasteiger partial charge is 0.454 e. The van der Waals surface area contributed by atoms with E-state index in [9.17, 15) is 19.2 Å². The zero-order chi connectivity index (χ0) is 19.6. The van der Waals surface area contributed by atoms with Crippen LogP contribution in [-0.4, -0.2) is 36.8 Å². The second-order valence-corrected chi connectivity index (χ2v) is 5.52. The average Bonchev–Trinajstić information content (AvgIpc) is 2.69. The topological polar surface area (TPSA) is 114 Å². The van der Waals surface area contributed by atoms with Crippen molar-refractivity contribution in [3.63, 3.8) is 0 Å². The van der Waals surface area contributed by atoms with E-state index in [1.54, 1.807) is 12.1 Å². The van der Waals surface area contributed by atoms with Gasteiger partial charge >= 0.3 is 5.97 Å². The predicted octanol–water partition coefficient (Wildman–Crippen LogP) is 0.794. The Morgan fingerprint density at radius 2 is 1.48 bits per heavy atom. The van der Waals surface area contributed by atoms with Gasteiger partial charge in [0.2, 0.25) is 5.91 Å². The van der Waals surface area contributed by atoms with E-state index in [0.29, 0.717) is 5.56 Å². The molecular weight excluding hydrogens is 350 g/mol. The highest BCUT2D eigenvalue weighted by atomic mass is 16.5. The number of hydrazine groups is 1. The summed E-state index contributed by atoms with van der Waals surface area (Å²) in [4.78, 5) is 45.5. The lowest BCUT2D eigenvalue weighted by Gasteiger charge is -2.08. The van der Waals surface area contributed by atoms with Crippen LogP contribution in [0.15, 0.2) is 54.6 Å². The third-order valence-electron chi connectivity index (χ3n) is 3.39. The number of rotatable bonds is 6. The second-order valence-electron chi connectivity index (χ2n) is 5.52. The van der Waals surface area contributed by atoms with Crippen molar-refractivity contribution in [2.24, 2.45) is 0 Å². The fraction of sp³-hybridized carbons (Fsp3) is 0.158. The van der Waals surface area contributed by atoms with Crippen molar-refractivity contribution in [2.75, 3.05) is 13.2 Å². The van der Waals surface area contributed by atoms with Gasteiger partial charge in [-0.05, 0) is 23.3 Å². The number of amides is 3. The van der Waals surface area contributed by atoms with Crippen molar-refractivity contribution >= 4 is 23.7 Å². The first kappa shape index (κ1) is 19.6. The molecule has 0 aromatic heterocycles. The lowest BCUT2D eigenvalue weighted by Crippen LogP contribution is -2.43. The molecule has 27 heavy (non-hydrogen) atoms. The highest BCUT2D eigenvalue weighted by molar-refractivity contribution is 5.96. The number of carbonyl (C=O) groups excluding carboxylic acids is 4. The first-order chi connectivity index (χ1) is 13.0. The number of hydrogen-bond acceptors (Lipinski definition) is 5. The number of nitrogens with one attached hydrogen (secondary N) is 3. The summed E-state index contributed by atoms with van der Waals surface area (Å²) in [5, 5.41) is 2.42. The Hall–Kier alpha value is -3.68. The van der Waals surface area contributed by atoms with Gasteiger partial charge in [-0.1, -0.05) is 42.5 Å². The van der Waals surface area contributed by atoms with Crippen LogP contribution in [-0.2, 0) is 19.1 Å². The number of hydrogen-bond donors (Lipinski definition) is 3. The minimum atomic E-state index is -0.776. The molecule has 140 valence electrons. The molecule has 2 aromatic carbocycles. The van der Waals surface area contributed by atoms with Gasteiger partial charge in [-0.3, -0.25) is 30.0 Å². The Morgan fingerprint density at radius 1 is 0.852 bits per heavy atom. The van der Waals surface area contributed by atoms with Crippen LogP contribution < -0.4 is 16.2 Å². The SMILES string of the molecule is CC(=O)NNC(=O)COC(=O)CNC(=O)c1ccc(-c2ccccc2)cc1. The van der Waals surface area contributed by atoms with Crippen LogP contribution in [0.5, 0.6) is 0 Å². The monoisotopic (exact) mass is 369 g/mol. The smallest absolute Gasteiger partial charge is 0.325 e. The molecule has 0 saturated heterocycles. The Kier molecular flexibility index (Phi) is 7.07. The lowest BCUT2D eigenvalue weighted by molar-refractivity contribution is -0.148. The fourth-order valence-corrected chi connectivity index (χ4v) is 2.09. The van der Waals surface area contributed by atoms with E-state index in [-0.39, 0.29) is 6.54 Å². The van der Waals surface area contributed by atoms with E-state index in [1.165, 1.54) is 6.92 Å². The van der Waals surface area contributed by atoms with E-state index >= 15 is 0 Å². The second kappa shape index (κ2) is 9.71. The summed E-state index contributed by atoms with van der Waals surface area (Å²) in [6, 6.07) is 16.7.